The third kappa shape index (κ3) is 7.21. The van der Waals surface area contributed by atoms with E-state index in [9.17, 15) is 14.4 Å². The summed E-state index contributed by atoms with van der Waals surface area (Å²) < 4.78 is 0. The smallest absolute Gasteiger partial charge is 0.321 e. The highest BCUT2D eigenvalue weighted by Gasteiger charge is 2.23. The van der Waals surface area contributed by atoms with Gasteiger partial charge in [0.25, 0.3) is 0 Å². The Labute approximate surface area is 208 Å². The van der Waals surface area contributed by atoms with Gasteiger partial charge in [0, 0.05) is 55.2 Å². The fourth-order valence-electron chi connectivity index (χ4n) is 3.96. The van der Waals surface area contributed by atoms with E-state index in [2.05, 4.69) is 15.5 Å². The predicted octanol–water partition coefficient (Wildman–Crippen LogP) is 4.18. The molecule has 0 radical (unpaired) electrons. The van der Waals surface area contributed by atoms with Crippen LogP contribution in [0.4, 0.5) is 21.9 Å². The van der Waals surface area contributed by atoms with Gasteiger partial charge in [0.1, 0.15) is 6.54 Å². The Bertz CT molecular complexity index is 1010. The molecule has 0 spiro atoms. The number of nitrogens with one attached hydrogen (secondary N) is 2. The summed E-state index contributed by atoms with van der Waals surface area (Å²) in [7, 11) is 0. The van der Waals surface area contributed by atoms with Crippen LogP contribution < -0.4 is 15.5 Å². The van der Waals surface area contributed by atoms with Crippen LogP contribution in [0, 0.1) is 12.8 Å². The zero-order valence-electron chi connectivity index (χ0n) is 21.4. The van der Waals surface area contributed by atoms with Crippen molar-refractivity contribution in [2.45, 2.75) is 40.7 Å². The number of urea groups is 1. The highest BCUT2D eigenvalue weighted by atomic mass is 16.2. The van der Waals surface area contributed by atoms with Crippen molar-refractivity contribution in [3.05, 3.63) is 54.1 Å². The Kier molecular flexibility index (Phi) is 8.73. The van der Waals surface area contributed by atoms with Crippen LogP contribution in [0.1, 0.15) is 33.3 Å². The van der Waals surface area contributed by atoms with E-state index in [1.165, 1.54) is 0 Å². The molecule has 0 bridgehead atoms. The first-order valence-corrected chi connectivity index (χ1v) is 12.2. The van der Waals surface area contributed by atoms with Crippen LogP contribution in [0.15, 0.2) is 48.5 Å². The van der Waals surface area contributed by atoms with Crippen LogP contribution >= 0.6 is 0 Å². The second-order valence-corrected chi connectivity index (χ2v) is 9.58. The molecule has 0 atom stereocenters. The molecule has 2 aromatic rings. The Hall–Kier alpha value is -3.55. The summed E-state index contributed by atoms with van der Waals surface area (Å²) in [5, 5.41) is 5.84. The van der Waals surface area contributed by atoms with E-state index >= 15 is 0 Å². The molecule has 3 rings (SSSR count). The van der Waals surface area contributed by atoms with Crippen molar-refractivity contribution in [2.75, 3.05) is 48.3 Å². The van der Waals surface area contributed by atoms with Gasteiger partial charge in [-0.25, -0.2) is 4.79 Å². The standard InChI is InChI=1S/C27H37N5O3/c1-19(2)26(34)32(20(3)4)18-25(33)28-22-10-12-24(13-11-22)30-14-16-31(17-15-30)27(35)29-23-8-6-21(5)7-9-23/h6-13,19-20H,14-18H2,1-5H3,(H,28,33)(H,29,35). The van der Waals surface area contributed by atoms with Gasteiger partial charge >= 0.3 is 6.03 Å². The Morgan fingerprint density at radius 1 is 0.829 bits per heavy atom. The van der Waals surface area contributed by atoms with Crippen LogP contribution in [0.25, 0.3) is 0 Å². The number of hydrogen-bond donors (Lipinski definition) is 2. The Balaban J connectivity index is 1.49. The molecule has 1 aliphatic rings. The molecule has 188 valence electrons. The van der Waals surface area contributed by atoms with Crippen LogP contribution in [0.5, 0.6) is 0 Å². The first-order valence-electron chi connectivity index (χ1n) is 12.2. The van der Waals surface area contributed by atoms with E-state index in [1.807, 2.05) is 88.0 Å². The van der Waals surface area contributed by atoms with Crippen LogP contribution in [0.2, 0.25) is 0 Å². The molecule has 1 heterocycles. The van der Waals surface area contributed by atoms with Gasteiger partial charge in [-0.15, -0.1) is 0 Å². The number of aryl methyl sites for hydroxylation is 1. The van der Waals surface area contributed by atoms with E-state index in [4.69, 9.17) is 0 Å². The zero-order chi connectivity index (χ0) is 25.5. The number of carbonyl (C=O) groups is 3. The molecule has 35 heavy (non-hydrogen) atoms. The van der Waals surface area contributed by atoms with Gasteiger partial charge in [-0.3, -0.25) is 9.59 Å². The molecule has 1 saturated heterocycles. The molecule has 2 aromatic carbocycles. The summed E-state index contributed by atoms with van der Waals surface area (Å²) in [6.07, 6.45) is 0. The minimum atomic E-state index is -0.214. The third-order valence-electron chi connectivity index (χ3n) is 6.10. The number of piperazine rings is 1. The van der Waals surface area contributed by atoms with Crippen molar-refractivity contribution in [1.82, 2.24) is 9.80 Å². The van der Waals surface area contributed by atoms with E-state index in [-0.39, 0.29) is 36.3 Å². The highest BCUT2D eigenvalue weighted by Crippen LogP contribution is 2.20. The van der Waals surface area contributed by atoms with Crippen LogP contribution in [-0.4, -0.2) is 66.4 Å². The molecule has 1 aliphatic heterocycles. The lowest BCUT2D eigenvalue weighted by Crippen LogP contribution is -2.50. The van der Waals surface area contributed by atoms with E-state index in [0.29, 0.717) is 18.8 Å². The molecule has 8 nitrogen and oxygen atoms in total. The molecule has 0 saturated carbocycles. The van der Waals surface area contributed by atoms with E-state index < -0.39 is 0 Å². The maximum Gasteiger partial charge on any atom is 0.321 e. The van der Waals surface area contributed by atoms with Gasteiger partial charge in [-0.1, -0.05) is 31.5 Å². The number of amides is 4. The van der Waals surface area contributed by atoms with Crippen molar-refractivity contribution >= 4 is 34.9 Å². The lowest BCUT2D eigenvalue weighted by atomic mass is 10.1. The monoisotopic (exact) mass is 479 g/mol. The van der Waals surface area contributed by atoms with Crippen molar-refractivity contribution in [1.29, 1.82) is 0 Å². The predicted molar refractivity (Wildman–Crippen MR) is 141 cm³/mol. The summed E-state index contributed by atoms with van der Waals surface area (Å²) in [5.74, 6) is -0.399. The Morgan fingerprint density at radius 2 is 1.37 bits per heavy atom. The number of rotatable bonds is 7. The molecular formula is C27H37N5O3. The topological polar surface area (TPSA) is 85.0 Å². The number of carbonyl (C=O) groups excluding carboxylic acids is 3. The summed E-state index contributed by atoms with van der Waals surface area (Å²) in [5.41, 5.74) is 3.68. The highest BCUT2D eigenvalue weighted by molar-refractivity contribution is 5.95. The summed E-state index contributed by atoms with van der Waals surface area (Å²) in [4.78, 5) is 43.1. The first-order chi connectivity index (χ1) is 16.6. The van der Waals surface area contributed by atoms with Gasteiger partial charge in [-0.2, -0.15) is 0 Å². The number of hydrogen-bond acceptors (Lipinski definition) is 4. The largest absolute Gasteiger partial charge is 0.368 e. The van der Waals surface area contributed by atoms with E-state index in [1.54, 1.807) is 4.90 Å². The molecule has 0 aromatic heterocycles. The molecule has 0 aliphatic carbocycles. The average Bonchev–Trinajstić information content (AvgIpc) is 2.84. The molecule has 4 amide bonds. The fraction of sp³-hybridized carbons (Fsp3) is 0.444. The molecule has 8 heteroatoms. The fourth-order valence-corrected chi connectivity index (χ4v) is 3.96. The molecular weight excluding hydrogens is 442 g/mol. The zero-order valence-corrected chi connectivity index (χ0v) is 21.4. The molecule has 2 N–H and O–H groups in total. The lowest BCUT2D eigenvalue weighted by Gasteiger charge is -2.36. The third-order valence-corrected chi connectivity index (χ3v) is 6.10. The molecule has 0 unspecified atom stereocenters. The number of benzene rings is 2. The second-order valence-electron chi connectivity index (χ2n) is 9.58. The summed E-state index contributed by atoms with van der Waals surface area (Å²) in [6.45, 7) is 12.3. The second kappa shape index (κ2) is 11.7. The van der Waals surface area contributed by atoms with Crippen molar-refractivity contribution in [3.63, 3.8) is 0 Å². The number of anilines is 3. The van der Waals surface area contributed by atoms with Crippen molar-refractivity contribution in [2.24, 2.45) is 5.92 Å². The maximum absolute atomic E-state index is 12.6. The van der Waals surface area contributed by atoms with Crippen LogP contribution in [0.3, 0.4) is 0 Å². The lowest BCUT2D eigenvalue weighted by molar-refractivity contribution is -0.139. The maximum atomic E-state index is 12.6. The van der Waals surface area contributed by atoms with Crippen LogP contribution in [-0.2, 0) is 9.59 Å². The summed E-state index contributed by atoms with van der Waals surface area (Å²) >= 11 is 0. The molecule has 1 fully saturated rings. The number of nitrogens with zero attached hydrogens (tertiary/aromatic N) is 3. The SMILES string of the molecule is Cc1ccc(NC(=O)N2CCN(c3ccc(NC(=O)CN(C(=O)C(C)C)C(C)C)cc3)CC2)cc1. The van der Waals surface area contributed by atoms with Gasteiger partial charge in [0.05, 0.1) is 0 Å². The average molecular weight is 480 g/mol. The van der Waals surface area contributed by atoms with Gasteiger partial charge < -0.3 is 25.3 Å². The van der Waals surface area contributed by atoms with Gasteiger partial charge in [0.15, 0.2) is 0 Å². The Morgan fingerprint density at radius 3 is 1.91 bits per heavy atom. The quantitative estimate of drug-likeness (QED) is 0.624. The van der Waals surface area contributed by atoms with Crippen molar-refractivity contribution in [3.8, 4) is 0 Å². The minimum Gasteiger partial charge on any atom is -0.368 e. The normalized spacial score (nSPS) is 13.7. The minimum absolute atomic E-state index is 0.0304. The van der Waals surface area contributed by atoms with Gasteiger partial charge in [-0.05, 0) is 57.2 Å². The van der Waals surface area contributed by atoms with Crippen molar-refractivity contribution < 1.29 is 14.4 Å². The van der Waals surface area contributed by atoms with E-state index in [0.717, 1.165) is 30.0 Å². The first kappa shape index (κ1) is 26.1. The van der Waals surface area contributed by atoms with Gasteiger partial charge in [0.2, 0.25) is 11.8 Å². The summed E-state index contributed by atoms with van der Waals surface area (Å²) in [6, 6.07) is 15.3.